The maximum absolute atomic E-state index is 11.1. The van der Waals surface area contributed by atoms with E-state index in [9.17, 15) is 9.59 Å². The lowest BCUT2D eigenvalue weighted by atomic mass is 10.1. The van der Waals surface area contributed by atoms with Gasteiger partial charge in [0, 0.05) is 12.5 Å². The molecule has 0 heterocycles. The second-order valence-corrected chi connectivity index (χ2v) is 4.68. The highest BCUT2D eigenvalue weighted by Crippen LogP contribution is 2.17. The molecule has 0 amide bonds. The average molecular weight is 300 g/mol. The lowest BCUT2D eigenvalue weighted by Crippen LogP contribution is -2.05. The van der Waals surface area contributed by atoms with Crippen molar-refractivity contribution in [1.29, 1.82) is 0 Å². The summed E-state index contributed by atoms with van der Waals surface area (Å²) in [6, 6.07) is 13.8. The van der Waals surface area contributed by atoms with Crippen LogP contribution in [0, 0.1) is 0 Å². The first kappa shape index (κ1) is 15.6. The molecule has 0 spiro atoms. The largest absolute Gasteiger partial charge is 0.489 e. The average Bonchev–Trinajstić information content (AvgIpc) is 2.51. The molecular formula is C17H16O5. The monoisotopic (exact) mass is 300 g/mol. The Morgan fingerprint density at radius 3 is 2.55 bits per heavy atom. The molecule has 22 heavy (non-hydrogen) atoms. The Labute approximate surface area is 128 Å². The third kappa shape index (κ3) is 4.34. The lowest BCUT2D eigenvalue weighted by molar-refractivity contribution is -0.142. The Kier molecular flexibility index (Phi) is 5.14. The number of aromatic carboxylic acids is 1. The maximum Gasteiger partial charge on any atom is 0.336 e. The lowest BCUT2D eigenvalue weighted by Gasteiger charge is -2.10. The SMILES string of the molecule is CC(=O)OCc1cccc(OCc2ccccc2C(=O)O)c1. The van der Waals surface area contributed by atoms with E-state index in [1.54, 1.807) is 36.4 Å². The van der Waals surface area contributed by atoms with Crippen LogP contribution in [0.15, 0.2) is 48.5 Å². The van der Waals surface area contributed by atoms with Crippen molar-refractivity contribution in [3.63, 3.8) is 0 Å². The molecule has 0 atom stereocenters. The fourth-order valence-electron chi connectivity index (χ4n) is 1.93. The molecule has 114 valence electrons. The van der Waals surface area contributed by atoms with Crippen molar-refractivity contribution >= 4 is 11.9 Å². The number of esters is 1. The van der Waals surface area contributed by atoms with Gasteiger partial charge in [0.05, 0.1) is 5.56 Å². The predicted octanol–water partition coefficient (Wildman–Crippen LogP) is 3.03. The minimum atomic E-state index is -0.984. The van der Waals surface area contributed by atoms with Crippen LogP contribution in [0.25, 0.3) is 0 Å². The van der Waals surface area contributed by atoms with Gasteiger partial charge in [-0.15, -0.1) is 0 Å². The number of ether oxygens (including phenoxy) is 2. The highest BCUT2D eigenvalue weighted by Gasteiger charge is 2.09. The van der Waals surface area contributed by atoms with Crippen LogP contribution in [0.5, 0.6) is 5.75 Å². The molecule has 2 rings (SSSR count). The maximum atomic E-state index is 11.1. The van der Waals surface area contributed by atoms with Crippen LogP contribution in [-0.2, 0) is 22.7 Å². The van der Waals surface area contributed by atoms with Crippen LogP contribution in [-0.4, -0.2) is 17.0 Å². The molecule has 0 aromatic heterocycles. The zero-order valence-corrected chi connectivity index (χ0v) is 12.1. The van der Waals surface area contributed by atoms with Crippen molar-refractivity contribution in [3.8, 4) is 5.75 Å². The Balaban J connectivity index is 2.04. The molecular weight excluding hydrogens is 284 g/mol. The summed E-state index contributed by atoms with van der Waals surface area (Å²) in [4.78, 5) is 21.9. The standard InChI is InChI=1S/C17H16O5/c1-12(18)21-10-13-5-4-7-15(9-13)22-11-14-6-2-3-8-16(14)17(19)20/h2-9H,10-11H2,1H3,(H,19,20). The van der Waals surface area contributed by atoms with E-state index in [4.69, 9.17) is 14.6 Å². The van der Waals surface area contributed by atoms with Gasteiger partial charge in [0.2, 0.25) is 0 Å². The Morgan fingerprint density at radius 1 is 1.05 bits per heavy atom. The molecule has 2 aromatic carbocycles. The number of carboxylic acids is 1. The molecule has 0 bridgehead atoms. The smallest absolute Gasteiger partial charge is 0.336 e. The van der Waals surface area contributed by atoms with Gasteiger partial charge in [0.1, 0.15) is 19.0 Å². The molecule has 5 nitrogen and oxygen atoms in total. The van der Waals surface area contributed by atoms with E-state index in [1.165, 1.54) is 13.0 Å². The van der Waals surface area contributed by atoms with Gasteiger partial charge in [-0.2, -0.15) is 0 Å². The summed E-state index contributed by atoms with van der Waals surface area (Å²) in [6.07, 6.45) is 0. The van der Waals surface area contributed by atoms with Crippen LogP contribution in [0.1, 0.15) is 28.4 Å². The van der Waals surface area contributed by atoms with E-state index in [2.05, 4.69) is 0 Å². The van der Waals surface area contributed by atoms with Gasteiger partial charge in [-0.05, 0) is 23.8 Å². The molecule has 0 saturated heterocycles. The fraction of sp³-hybridized carbons (Fsp3) is 0.176. The van der Waals surface area contributed by atoms with Crippen molar-refractivity contribution < 1.29 is 24.2 Å². The number of carboxylic acid groups (broad SMARTS) is 1. The summed E-state index contributed by atoms with van der Waals surface area (Å²) in [7, 11) is 0. The number of benzene rings is 2. The second-order valence-electron chi connectivity index (χ2n) is 4.68. The van der Waals surface area contributed by atoms with Crippen molar-refractivity contribution in [2.24, 2.45) is 0 Å². The highest BCUT2D eigenvalue weighted by molar-refractivity contribution is 5.89. The summed E-state index contributed by atoms with van der Waals surface area (Å²) >= 11 is 0. The van der Waals surface area contributed by atoms with Gasteiger partial charge < -0.3 is 14.6 Å². The number of hydrogen-bond donors (Lipinski definition) is 1. The molecule has 0 aliphatic carbocycles. The van der Waals surface area contributed by atoms with Gasteiger partial charge in [0.25, 0.3) is 0 Å². The van der Waals surface area contributed by atoms with Crippen LogP contribution >= 0.6 is 0 Å². The summed E-state index contributed by atoms with van der Waals surface area (Å²) < 4.78 is 10.6. The van der Waals surface area contributed by atoms with Gasteiger partial charge in [0.15, 0.2) is 0 Å². The van der Waals surface area contributed by atoms with E-state index in [1.807, 2.05) is 6.07 Å². The van der Waals surface area contributed by atoms with Gasteiger partial charge in [-0.3, -0.25) is 4.79 Å². The minimum absolute atomic E-state index is 0.152. The highest BCUT2D eigenvalue weighted by atomic mass is 16.5. The van der Waals surface area contributed by atoms with E-state index in [0.29, 0.717) is 11.3 Å². The van der Waals surface area contributed by atoms with E-state index in [0.717, 1.165) is 5.56 Å². The van der Waals surface area contributed by atoms with E-state index >= 15 is 0 Å². The molecule has 0 saturated carbocycles. The molecule has 5 heteroatoms. The van der Waals surface area contributed by atoms with Gasteiger partial charge in [-0.25, -0.2) is 4.79 Å². The van der Waals surface area contributed by atoms with Gasteiger partial charge in [-0.1, -0.05) is 30.3 Å². The summed E-state index contributed by atoms with van der Waals surface area (Å²) in [5, 5.41) is 9.12. The third-order valence-corrected chi connectivity index (χ3v) is 2.98. The van der Waals surface area contributed by atoms with E-state index < -0.39 is 5.97 Å². The topological polar surface area (TPSA) is 72.8 Å². The number of carbonyl (C=O) groups excluding carboxylic acids is 1. The molecule has 0 fully saturated rings. The van der Waals surface area contributed by atoms with Crippen LogP contribution in [0.2, 0.25) is 0 Å². The fourth-order valence-corrected chi connectivity index (χ4v) is 1.93. The van der Waals surface area contributed by atoms with Crippen LogP contribution in [0.4, 0.5) is 0 Å². The predicted molar refractivity (Wildman–Crippen MR) is 79.6 cm³/mol. The summed E-state index contributed by atoms with van der Waals surface area (Å²) in [5.74, 6) is -0.741. The zero-order chi connectivity index (χ0) is 15.9. The normalized spacial score (nSPS) is 10.0. The van der Waals surface area contributed by atoms with Crippen LogP contribution < -0.4 is 4.74 Å². The van der Waals surface area contributed by atoms with Crippen molar-refractivity contribution in [2.45, 2.75) is 20.1 Å². The molecule has 0 radical (unpaired) electrons. The zero-order valence-electron chi connectivity index (χ0n) is 12.1. The Morgan fingerprint density at radius 2 is 1.82 bits per heavy atom. The first-order valence-electron chi connectivity index (χ1n) is 6.72. The van der Waals surface area contributed by atoms with Crippen molar-refractivity contribution in [1.82, 2.24) is 0 Å². The summed E-state index contributed by atoms with van der Waals surface area (Å²) in [5.41, 5.74) is 1.62. The van der Waals surface area contributed by atoms with Crippen molar-refractivity contribution in [3.05, 3.63) is 65.2 Å². The number of hydrogen-bond acceptors (Lipinski definition) is 4. The minimum Gasteiger partial charge on any atom is -0.489 e. The quantitative estimate of drug-likeness (QED) is 0.830. The van der Waals surface area contributed by atoms with Gasteiger partial charge >= 0.3 is 11.9 Å². The first-order valence-corrected chi connectivity index (χ1v) is 6.72. The molecule has 2 aromatic rings. The summed E-state index contributed by atoms with van der Waals surface area (Å²) in [6.45, 7) is 1.68. The Bertz CT molecular complexity index is 678. The molecule has 0 aliphatic rings. The van der Waals surface area contributed by atoms with Crippen LogP contribution in [0.3, 0.4) is 0 Å². The van der Waals surface area contributed by atoms with E-state index in [-0.39, 0.29) is 24.7 Å². The Hall–Kier alpha value is -2.82. The number of carbonyl (C=O) groups is 2. The molecule has 0 unspecified atom stereocenters. The first-order chi connectivity index (χ1) is 10.6. The molecule has 1 N–H and O–H groups in total. The number of rotatable bonds is 6. The van der Waals surface area contributed by atoms with Crippen molar-refractivity contribution in [2.75, 3.05) is 0 Å². The second kappa shape index (κ2) is 7.26. The molecule has 0 aliphatic heterocycles. The third-order valence-electron chi connectivity index (χ3n) is 2.98.